The van der Waals surface area contributed by atoms with E-state index in [-0.39, 0.29) is 0 Å². The largest absolute Gasteiger partial charge is 0.280 e. The molecule has 0 aliphatic heterocycles. The Balaban J connectivity index is 1.95. The molecule has 0 aliphatic carbocycles. The average Bonchev–Trinajstić information content (AvgIpc) is 3.08. The molecule has 130 valence electrons. The van der Waals surface area contributed by atoms with Gasteiger partial charge in [-0.2, -0.15) is 0 Å². The first-order valence-electron chi connectivity index (χ1n) is 7.73. The second-order valence-corrected chi connectivity index (χ2v) is 7.62. The van der Waals surface area contributed by atoms with Crippen LogP contribution in [-0.2, 0) is 10.0 Å². The zero-order valence-electron chi connectivity index (χ0n) is 14.5. The van der Waals surface area contributed by atoms with E-state index in [1.54, 1.807) is 24.3 Å². The van der Waals surface area contributed by atoms with Crippen LogP contribution in [0.25, 0.3) is 5.69 Å². The van der Waals surface area contributed by atoms with E-state index in [4.69, 9.17) is 0 Å². The second kappa shape index (κ2) is 6.29. The Labute approximate surface area is 146 Å². The lowest BCUT2D eigenvalue weighted by Gasteiger charge is -2.17. The summed E-state index contributed by atoms with van der Waals surface area (Å²) in [6, 6.07) is 8.86. The van der Waals surface area contributed by atoms with Gasteiger partial charge in [0.25, 0.3) is 10.0 Å². The van der Waals surface area contributed by atoms with Crippen LogP contribution in [0.4, 0.5) is 5.69 Å². The van der Waals surface area contributed by atoms with Crippen LogP contribution in [0.15, 0.2) is 41.6 Å². The molecule has 25 heavy (non-hydrogen) atoms. The standard InChI is InChI=1S/C17H19N5O2S/c1-11-9-12(2)14(4)17(13(11)3)25(23,24)19-15-5-7-16(8-6-15)22-10-18-20-21-22/h5-10,19H,1-4H3. The molecule has 0 bridgehead atoms. The van der Waals surface area contributed by atoms with Gasteiger partial charge in [0.05, 0.1) is 10.6 Å². The number of anilines is 1. The molecular formula is C17H19N5O2S. The summed E-state index contributed by atoms with van der Waals surface area (Å²) in [6.45, 7) is 7.50. The monoisotopic (exact) mass is 357 g/mol. The Hall–Kier alpha value is -2.74. The number of nitrogens with zero attached hydrogens (tertiary/aromatic N) is 4. The number of sulfonamides is 1. The van der Waals surface area contributed by atoms with Crippen molar-refractivity contribution in [3.05, 3.63) is 58.9 Å². The highest BCUT2D eigenvalue weighted by Gasteiger charge is 2.22. The number of benzene rings is 2. The number of aromatic nitrogens is 4. The van der Waals surface area contributed by atoms with Gasteiger partial charge < -0.3 is 0 Å². The van der Waals surface area contributed by atoms with Crippen molar-refractivity contribution in [3.8, 4) is 5.69 Å². The fraction of sp³-hybridized carbons (Fsp3) is 0.235. The molecule has 0 saturated heterocycles. The third kappa shape index (κ3) is 3.25. The van der Waals surface area contributed by atoms with Crippen molar-refractivity contribution >= 4 is 15.7 Å². The molecule has 0 saturated carbocycles. The number of hydrogen-bond acceptors (Lipinski definition) is 5. The smallest absolute Gasteiger partial charge is 0.262 e. The number of rotatable bonds is 4. The lowest BCUT2D eigenvalue weighted by molar-refractivity contribution is 0.599. The Morgan fingerprint density at radius 3 is 2.08 bits per heavy atom. The first-order valence-corrected chi connectivity index (χ1v) is 9.21. The summed E-state index contributed by atoms with van der Waals surface area (Å²) in [4.78, 5) is 0.342. The first-order chi connectivity index (χ1) is 11.8. The highest BCUT2D eigenvalue weighted by Crippen LogP contribution is 2.28. The Morgan fingerprint density at radius 1 is 0.960 bits per heavy atom. The van der Waals surface area contributed by atoms with E-state index < -0.39 is 10.0 Å². The SMILES string of the molecule is Cc1cc(C)c(C)c(S(=O)(=O)Nc2ccc(-n3cnnn3)cc2)c1C. The third-order valence-electron chi connectivity index (χ3n) is 4.30. The van der Waals surface area contributed by atoms with E-state index in [1.807, 2.05) is 33.8 Å². The van der Waals surface area contributed by atoms with Gasteiger partial charge in [-0.05, 0) is 84.6 Å². The molecule has 0 radical (unpaired) electrons. The normalized spacial score (nSPS) is 11.5. The van der Waals surface area contributed by atoms with Crippen LogP contribution in [0.3, 0.4) is 0 Å². The zero-order chi connectivity index (χ0) is 18.2. The summed E-state index contributed by atoms with van der Waals surface area (Å²) < 4.78 is 30.0. The maximum atomic E-state index is 12.9. The maximum absolute atomic E-state index is 12.9. The molecule has 3 rings (SSSR count). The summed E-state index contributed by atoms with van der Waals surface area (Å²) in [5.41, 5.74) is 4.67. The lowest BCUT2D eigenvalue weighted by atomic mass is 10.0. The zero-order valence-corrected chi connectivity index (χ0v) is 15.3. The van der Waals surface area contributed by atoms with E-state index >= 15 is 0 Å². The van der Waals surface area contributed by atoms with E-state index in [2.05, 4.69) is 20.2 Å². The predicted molar refractivity (Wildman–Crippen MR) is 95.4 cm³/mol. The summed E-state index contributed by atoms with van der Waals surface area (Å²) in [7, 11) is -3.68. The fourth-order valence-electron chi connectivity index (χ4n) is 2.75. The van der Waals surface area contributed by atoms with Crippen LogP contribution in [0.5, 0.6) is 0 Å². The Kier molecular flexibility index (Phi) is 4.30. The molecule has 0 atom stereocenters. The van der Waals surface area contributed by atoms with Gasteiger partial charge in [0.1, 0.15) is 6.33 Å². The topological polar surface area (TPSA) is 89.8 Å². The van der Waals surface area contributed by atoms with E-state index in [0.29, 0.717) is 10.6 Å². The van der Waals surface area contributed by atoms with Crippen LogP contribution in [0, 0.1) is 27.7 Å². The quantitative estimate of drug-likeness (QED) is 0.775. The van der Waals surface area contributed by atoms with Crippen LogP contribution in [0.1, 0.15) is 22.3 Å². The van der Waals surface area contributed by atoms with Crippen molar-refractivity contribution in [2.24, 2.45) is 0 Å². The first kappa shape index (κ1) is 17.1. The van der Waals surface area contributed by atoms with Gasteiger partial charge in [-0.15, -0.1) is 5.10 Å². The molecule has 0 fully saturated rings. The van der Waals surface area contributed by atoms with Crippen molar-refractivity contribution in [1.82, 2.24) is 20.2 Å². The minimum absolute atomic E-state index is 0.342. The second-order valence-electron chi connectivity index (χ2n) is 6.00. The van der Waals surface area contributed by atoms with Gasteiger partial charge in [0.2, 0.25) is 0 Å². The molecule has 0 amide bonds. The highest BCUT2D eigenvalue weighted by atomic mass is 32.2. The van der Waals surface area contributed by atoms with Crippen LogP contribution < -0.4 is 4.72 Å². The predicted octanol–water partition coefficient (Wildman–Crippen LogP) is 2.70. The molecule has 1 aromatic heterocycles. The maximum Gasteiger partial charge on any atom is 0.262 e. The average molecular weight is 357 g/mol. The summed E-state index contributed by atoms with van der Waals surface area (Å²) >= 11 is 0. The third-order valence-corrected chi connectivity index (χ3v) is 5.95. The van der Waals surface area contributed by atoms with E-state index in [0.717, 1.165) is 27.9 Å². The molecule has 7 nitrogen and oxygen atoms in total. The van der Waals surface area contributed by atoms with Crippen molar-refractivity contribution in [2.45, 2.75) is 32.6 Å². The summed E-state index contributed by atoms with van der Waals surface area (Å²) in [6.07, 6.45) is 1.47. The Bertz CT molecular complexity index is 984. The van der Waals surface area contributed by atoms with Crippen molar-refractivity contribution in [2.75, 3.05) is 4.72 Å². The Morgan fingerprint density at radius 2 is 1.56 bits per heavy atom. The summed E-state index contributed by atoms with van der Waals surface area (Å²) in [5, 5.41) is 11.0. The molecule has 3 aromatic rings. The molecule has 1 N–H and O–H groups in total. The minimum Gasteiger partial charge on any atom is -0.280 e. The van der Waals surface area contributed by atoms with Crippen molar-refractivity contribution < 1.29 is 8.42 Å². The van der Waals surface area contributed by atoms with Crippen molar-refractivity contribution in [3.63, 3.8) is 0 Å². The van der Waals surface area contributed by atoms with Gasteiger partial charge in [-0.3, -0.25) is 4.72 Å². The van der Waals surface area contributed by atoms with Crippen molar-refractivity contribution in [1.29, 1.82) is 0 Å². The lowest BCUT2D eigenvalue weighted by Crippen LogP contribution is -2.17. The van der Waals surface area contributed by atoms with Crippen LogP contribution in [-0.4, -0.2) is 28.6 Å². The minimum atomic E-state index is -3.68. The molecule has 8 heteroatoms. The molecule has 2 aromatic carbocycles. The highest BCUT2D eigenvalue weighted by molar-refractivity contribution is 7.92. The van der Waals surface area contributed by atoms with Gasteiger partial charge >= 0.3 is 0 Å². The van der Waals surface area contributed by atoms with E-state index in [9.17, 15) is 8.42 Å². The van der Waals surface area contributed by atoms with Crippen LogP contribution in [0.2, 0.25) is 0 Å². The molecule has 0 aliphatic rings. The van der Waals surface area contributed by atoms with E-state index in [1.165, 1.54) is 11.0 Å². The number of nitrogens with one attached hydrogen (secondary N) is 1. The number of hydrogen-bond donors (Lipinski definition) is 1. The number of aryl methyl sites for hydroxylation is 2. The van der Waals surface area contributed by atoms with Gasteiger partial charge in [0, 0.05) is 5.69 Å². The van der Waals surface area contributed by atoms with Gasteiger partial charge in [-0.1, -0.05) is 6.07 Å². The number of tetrazole rings is 1. The van der Waals surface area contributed by atoms with Crippen LogP contribution >= 0.6 is 0 Å². The summed E-state index contributed by atoms with van der Waals surface area (Å²) in [5.74, 6) is 0. The molecular weight excluding hydrogens is 338 g/mol. The van der Waals surface area contributed by atoms with Gasteiger partial charge in [-0.25, -0.2) is 13.1 Å². The fourth-order valence-corrected chi connectivity index (χ4v) is 4.43. The molecule has 0 spiro atoms. The molecule has 1 heterocycles. The van der Waals surface area contributed by atoms with Gasteiger partial charge in [0.15, 0.2) is 0 Å². The molecule has 0 unspecified atom stereocenters.